The van der Waals surface area contributed by atoms with E-state index in [1.165, 1.54) is 5.56 Å². The molecule has 1 amide bonds. The topological polar surface area (TPSA) is 42.0 Å². The maximum atomic E-state index is 12.2. The van der Waals surface area contributed by atoms with Gasteiger partial charge in [-0.1, -0.05) is 44.2 Å². The van der Waals surface area contributed by atoms with Gasteiger partial charge in [0, 0.05) is 6.20 Å². The van der Waals surface area contributed by atoms with Gasteiger partial charge in [-0.15, -0.1) is 0 Å². The molecule has 0 aliphatic rings. The number of carbonyl (C=O) groups excluding carboxylic acids is 1. The van der Waals surface area contributed by atoms with E-state index in [0.717, 1.165) is 12.0 Å². The first-order chi connectivity index (χ1) is 10.1. The van der Waals surface area contributed by atoms with Crippen LogP contribution in [0.5, 0.6) is 0 Å². The number of pyridine rings is 1. The van der Waals surface area contributed by atoms with Gasteiger partial charge in [0.15, 0.2) is 0 Å². The second-order valence-electron chi connectivity index (χ2n) is 5.77. The Hall–Kier alpha value is -2.16. The highest BCUT2D eigenvalue weighted by Crippen LogP contribution is 2.19. The number of benzene rings is 1. The zero-order valence-electron chi connectivity index (χ0n) is 12.8. The van der Waals surface area contributed by atoms with Crippen LogP contribution in [0.4, 0.5) is 5.82 Å². The molecule has 0 aliphatic heterocycles. The van der Waals surface area contributed by atoms with Crippen LogP contribution in [0.15, 0.2) is 48.7 Å². The van der Waals surface area contributed by atoms with Crippen molar-refractivity contribution in [3.63, 3.8) is 0 Å². The zero-order valence-corrected chi connectivity index (χ0v) is 12.8. The third-order valence-electron chi connectivity index (χ3n) is 3.43. The van der Waals surface area contributed by atoms with E-state index < -0.39 is 0 Å². The molecule has 1 N–H and O–H groups in total. The Labute approximate surface area is 126 Å². The lowest BCUT2D eigenvalue weighted by molar-refractivity contribution is -0.117. The number of nitrogens with one attached hydrogen (secondary N) is 1. The van der Waals surface area contributed by atoms with Crippen molar-refractivity contribution in [1.29, 1.82) is 0 Å². The summed E-state index contributed by atoms with van der Waals surface area (Å²) in [6.45, 7) is 6.32. The highest BCUT2D eigenvalue weighted by molar-refractivity contribution is 5.94. The Balaban J connectivity index is 2.02. The number of hydrogen-bond donors (Lipinski definition) is 1. The van der Waals surface area contributed by atoms with Gasteiger partial charge < -0.3 is 5.32 Å². The molecule has 1 heterocycles. The zero-order chi connectivity index (χ0) is 15.2. The second-order valence-corrected chi connectivity index (χ2v) is 5.77. The number of nitrogens with zero attached hydrogens (tertiary/aromatic N) is 1. The van der Waals surface area contributed by atoms with Crippen LogP contribution in [0.2, 0.25) is 0 Å². The molecule has 0 unspecified atom stereocenters. The summed E-state index contributed by atoms with van der Waals surface area (Å²) < 4.78 is 0. The van der Waals surface area contributed by atoms with Crippen LogP contribution in [-0.4, -0.2) is 10.9 Å². The molecule has 3 nitrogen and oxygen atoms in total. The summed E-state index contributed by atoms with van der Waals surface area (Å²) in [5.74, 6) is 0.997. The molecule has 21 heavy (non-hydrogen) atoms. The predicted octanol–water partition coefficient (Wildman–Crippen LogP) is 4.02. The van der Waals surface area contributed by atoms with Gasteiger partial charge in [-0.25, -0.2) is 4.98 Å². The number of aromatic nitrogens is 1. The van der Waals surface area contributed by atoms with Gasteiger partial charge in [0.25, 0.3) is 0 Å². The van der Waals surface area contributed by atoms with E-state index in [1.54, 1.807) is 12.3 Å². The summed E-state index contributed by atoms with van der Waals surface area (Å²) in [5.41, 5.74) is 2.34. The summed E-state index contributed by atoms with van der Waals surface area (Å²) >= 11 is 0. The molecule has 1 aromatic heterocycles. The Morgan fingerprint density at radius 1 is 1.10 bits per heavy atom. The summed E-state index contributed by atoms with van der Waals surface area (Å²) in [5, 5.41) is 2.84. The number of hydrogen-bond acceptors (Lipinski definition) is 2. The molecule has 0 saturated carbocycles. The van der Waals surface area contributed by atoms with Crippen LogP contribution < -0.4 is 5.32 Å². The molecule has 1 atom stereocenters. The molecule has 0 aliphatic carbocycles. The van der Waals surface area contributed by atoms with E-state index >= 15 is 0 Å². The summed E-state index contributed by atoms with van der Waals surface area (Å²) in [6, 6.07) is 13.8. The third kappa shape index (κ3) is 4.42. The van der Waals surface area contributed by atoms with Crippen molar-refractivity contribution in [2.45, 2.75) is 33.1 Å². The molecule has 2 rings (SSSR count). The number of amides is 1. The van der Waals surface area contributed by atoms with Crippen LogP contribution in [-0.2, 0) is 11.2 Å². The lowest BCUT2D eigenvalue weighted by atomic mass is 9.96. The lowest BCUT2D eigenvalue weighted by Crippen LogP contribution is -2.19. The van der Waals surface area contributed by atoms with Crippen molar-refractivity contribution in [1.82, 2.24) is 4.98 Å². The largest absolute Gasteiger partial charge is 0.310 e. The monoisotopic (exact) mass is 282 g/mol. The maximum absolute atomic E-state index is 12.2. The second kappa shape index (κ2) is 7.02. The predicted molar refractivity (Wildman–Crippen MR) is 86.3 cm³/mol. The van der Waals surface area contributed by atoms with Crippen molar-refractivity contribution in [2.75, 3.05) is 5.32 Å². The number of carbonyl (C=O) groups is 1. The fraction of sp³-hybridized carbons (Fsp3) is 0.333. The van der Waals surface area contributed by atoms with Gasteiger partial charge in [0.1, 0.15) is 5.82 Å². The molecule has 0 bridgehead atoms. The quantitative estimate of drug-likeness (QED) is 0.900. The molecule has 2 aromatic rings. The van der Waals surface area contributed by atoms with E-state index in [9.17, 15) is 4.79 Å². The Kier molecular flexibility index (Phi) is 5.09. The Morgan fingerprint density at radius 3 is 2.38 bits per heavy atom. The third-order valence-corrected chi connectivity index (χ3v) is 3.43. The van der Waals surface area contributed by atoms with E-state index in [0.29, 0.717) is 11.7 Å². The van der Waals surface area contributed by atoms with Crippen molar-refractivity contribution >= 4 is 11.7 Å². The van der Waals surface area contributed by atoms with Gasteiger partial charge >= 0.3 is 0 Å². The lowest BCUT2D eigenvalue weighted by Gasteiger charge is -2.13. The van der Waals surface area contributed by atoms with E-state index in [-0.39, 0.29) is 11.8 Å². The van der Waals surface area contributed by atoms with Crippen molar-refractivity contribution in [3.05, 3.63) is 59.8 Å². The first-order valence-corrected chi connectivity index (χ1v) is 7.37. The van der Waals surface area contributed by atoms with Crippen molar-refractivity contribution < 1.29 is 4.79 Å². The first kappa shape index (κ1) is 15.2. The van der Waals surface area contributed by atoms with Gasteiger partial charge in [-0.2, -0.15) is 0 Å². The highest BCUT2D eigenvalue weighted by atomic mass is 16.1. The van der Waals surface area contributed by atoms with Gasteiger partial charge in [-0.05, 0) is 42.5 Å². The minimum Gasteiger partial charge on any atom is -0.310 e. The average molecular weight is 282 g/mol. The first-order valence-electron chi connectivity index (χ1n) is 7.37. The number of rotatable bonds is 5. The summed E-state index contributed by atoms with van der Waals surface area (Å²) in [4.78, 5) is 16.3. The van der Waals surface area contributed by atoms with Crippen LogP contribution in [0, 0.1) is 5.92 Å². The fourth-order valence-corrected chi connectivity index (χ4v) is 2.24. The van der Waals surface area contributed by atoms with Crippen molar-refractivity contribution in [3.8, 4) is 0 Å². The maximum Gasteiger partial charge on any atom is 0.232 e. The standard InChI is InChI=1S/C18H22N2O/c1-13(2)12-15-7-9-16(10-8-15)14(3)18(21)20-17-6-4-5-11-19-17/h4-11,13-14H,12H2,1-3H3,(H,19,20,21)/t14-/m1/s1. The van der Waals surface area contributed by atoms with Gasteiger partial charge in [0.2, 0.25) is 5.91 Å². The normalized spacial score (nSPS) is 12.2. The molecule has 0 fully saturated rings. The molecule has 0 spiro atoms. The SMILES string of the molecule is CC(C)Cc1ccc([C@@H](C)C(=O)Nc2ccccn2)cc1. The molecule has 110 valence electrons. The molecule has 0 radical (unpaired) electrons. The Morgan fingerprint density at radius 2 is 1.81 bits per heavy atom. The van der Waals surface area contributed by atoms with E-state index in [2.05, 4.69) is 36.3 Å². The van der Waals surface area contributed by atoms with Crippen LogP contribution in [0.25, 0.3) is 0 Å². The summed E-state index contributed by atoms with van der Waals surface area (Å²) in [6.07, 6.45) is 2.73. The van der Waals surface area contributed by atoms with E-state index in [1.807, 2.05) is 31.2 Å². The highest BCUT2D eigenvalue weighted by Gasteiger charge is 2.15. The van der Waals surface area contributed by atoms with Gasteiger partial charge in [0.05, 0.1) is 5.92 Å². The average Bonchev–Trinajstić information content (AvgIpc) is 2.47. The van der Waals surface area contributed by atoms with Crippen molar-refractivity contribution in [2.24, 2.45) is 5.92 Å². The van der Waals surface area contributed by atoms with E-state index in [4.69, 9.17) is 0 Å². The number of anilines is 1. The van der Waals surface area contributed by atoms with Crippen LogP contribution in [0.3, 0.4) is 0 Å². The summed E-state index contributed by atoms with van der Waals surface area (Å²) in [7, 11) is 0. The molecule has 0 saturated heterocycles. The van der Waals surface area contributed by atoms with Crippen LogP contribution >= 0.6 is 0 Å². The Bertz CT molecular complexity index is 576. The smallest absolute Gasteiger partial charge is 0.232 e. The van der Waals surface area contributed by atoms with Crippen LogP contribution in [0.1, 0.15) is 37.8 Å². The minimum atomic E-state index is -0.194. The molecule has 3 heteroatoms. The fourth-order valence-electron chi connectivity index (χ4n) is 2.24. The molecular formula is C18H22N2O. The van der Waals surface area contributed by atoms with Gasteiger partial charge in [-0.3, -0.25) is 4.79 Å². The molecule has 1 aromatic carbocycles. The minimum absolute atomic E-state index is 0.0368. The molecular weight excluding hydrogens is 260 g/mol.